The van der Waals surface area contributed by atoms with E-state index in [1.807, 2.05) is 0 Å². The topological polar surface area (TPSA) is 80.9 Å². The Morgan fingerprint density at radius 2 is 1.97 bits per heavy atom. The maximum absolute atomic E-state index is 12.8. The zero-order valence-corrected chi connectivity index (χ0v) is 20.2. The Bertz CT molecular complexity index is 1160. The summed E-state index contributed by atoms with van der Waals surface area (Å²) in [5.74, 6) is -0.527. The number of aliphatic carboxylic acids is 1. The number of carbonyl (C=O) groups excluding carboxylic acids is 1. The lowest BCUT2D eigenvalue weighted by molar-refractivity contribution is -0.139. The molecule has 2 aromatic rings. The molecule has 2 heterocycles. The van der Waals surface area contributed by atoms with Crippen molar-refractivity contribution in [3.8, 4) is 5.88 Å². The van der Waals surface area contributed by atoms with E-state index >= 15 is 0 Å². The Morgan fingerprint density at radius 3 is 2.68 bits per heavy atom. The number of nitrogens with zero attached hydrogens (tertiary/aromatic N) is 2. The van der Waals surface area contributed by atoms with Gasteiger partial charge in [0.15, 0.2) is 12.4 Å². The minimum absolute atomic E-state index is 0.0502. The van der Waals surface area contributed by atoms with Crippen molar-refractivity contribution in [2.24, 2.45) is 0 Å². The number of ketones is 1. The van der Waals surface area contributed by atoms with E-state index in [0.717, 1.165) is 49.1 Å². The van der Waals surface area contributed by atoms with Crippen LogP contribution >= 0.6 is 0 Å². The van der Waals surface area contributed by atoms with Gasteiger partial charge in [-0.2, -0.15) is 0 Å². The molecule has 2 aliphatic carbocycles. The molecule has 0 aliphatic heterocycles. The largest absolute Gasteiger partial charge is 0.479 e. The molecular formula is C28H34N2O4. The standard InChI is InChI=1S/C28H34N2O4/c1-3-22-24(16-15-20-11-7-4-5-8-12-20)30-17-23(21-13-9-6-10-14-21)29-28(34-18-25(32)33)27(30)26(22)19(2)31/h4-5,7,11-12,17,21H,3,6,8-10,13-16,18H2,1-2H3,(H,32,33). The fourth-order valence-electron chi connectivity index (χ4n) is 5.30. The molecule has 180 valence electrons. The number of carboxylic acid groups (broad SMARTS) is 1. The van der Waals surface area contributed by atoms with Crippen molar-refractivity contribution < 1.29 is 19.4 Å². The van der Waals surface area contributed by atoms with Gasteiger partial charge in [0.25, 0.3) is 0 Å². The average Bonchev–Trinajstić information content (AvgIpc) is 2.96. The van der Waals surface area contributed by atoms with E-state index in [1.165, 1.54) is 24.8 Å². The van der Waals surface area contributed by atoms with Crippen molar-refractivity contribution in [1.29, 1.82) is 0 Å². The Morgan fingerprint density at radius 1 is 1.18 bits per heavy atom. The van der Waals surface area contributed by atoms with Gasteiger partial charge in [-0.05, 0) is 51.0 Å². The molecule has 0 amide bonds. The zero-order valence-electron chi connectivity index (χ0n) is 20.2. The number of aromatic nitrogens is 2. The molecule has 1 N–H and O–H groups in total. The molecule has 1 saturated carbocycles. The van der Waals surface area contributed by atoms with E-state index in [1.54, 1.807) is 6.92 Å². The van der Waals surface area contributed by atoms with E-state index in [4.69, 9.17) is 9.72 Å². The lowest BCUT2D eigenvalue weighted by atomic mass is 9.87. The minimum Gasteiger partial charge on any atom is -0.479 e. The lowest BCUT2D eigenvalue weighted by Gasteiger charge is -2.22. The maximum atomic E-state index is 12.8. The van der Waals surface area contributed by atoms with Gasteiger partial charge in [-0.25, -0.2) is 9.78 Å². The number of carboxylic acids is 1. The van der Waals surface area contributed by atoms with Crippen molar-refractivity contribution in [2.75, 3.05) is 6.61 Å². The summed E-state index contributed by atoms with van der Waals surface area (Å²) < 4.78 is 7.80. The van der Waals surface area contributed by atoms with Crippen LogP contribution in [0.1, 0.15) is 92.0 Å². The maximum Gasteiger partial charge on any atom is 0.341 e. The van der Waals surface area contributed by atoms with Crippen LogP contribution in [0.4, 0.5) is 0 Å². The molecule has 34 heavy (non-hydrogen) atoms. The van der Waals surface area contributed by atoms with Crippen LogP contribution in [0.5, 0.6) is 5.88 Å². The Kier molecular flexibility index (Phi) is 7.66. The Labute approximate surface area is 201 Å². The molecule has 0 radical (unpaired) electrons. The first-order valence-electron chi connectivity index (χ1n) is 12.4. The molecule has 0 atom stereocenters. The van der Waals surface area contributed by atoms with Gasteiger partial charge < -0.3 is 14.2 Å². The van der Waals surface area contributed by atoms with E-state index < -0.39 is 12.6 Å². The Hall–Kier alpha value is -3.15. The van der Waals surface area contributed by atoms with Crippen molar-refractivity contribution in [1.82, 2.24) is 9.38 Å². The molecule has 4 rings (SSSR count). The monoisotopic (exact) mass is 462 g/mol. The second-order valence-corrected chi connectivity index (χ2v) is 9.22. The first kappa shape index (κ1) is 24.0. The predicted molar refractivity (Wildman–Crippen MR) is 133 cm³/mol. The molecule has 6 nitrogen and oxygen atoms in total. The summed E-state index contributed by atoms with van der Waals surface area (Å²) in [6.45, 7) is 3.14. The van der Waals surface area contributed by atoms with Gasteiger partial charge in [-0.15, -0.1) is 0 Å². The molecule has 1 fully saturated rings. The average molecular weight is 463 g/mol. The first-order chi connectivity index (χ1) is 16.5. The molecule has 0 unspecified atom stereocenters. The molecule has 0 aromatic carbocycles. The quantitative estimate of drug-likeness (QED) is 0.463. The highest BCUT2D eigenvalue weighted by molar-refractivity contribution is 6.04. The van der Waals surface area contributed by atoms with Gasteiger partial charge in [-0.1, -0.05) is 62.1 Å². The number of carbonyl (C=O) groups is 2. The van der Waals surface area contributed by atoms with Crippen LogP contribution in [0.3, 0.4) is 0 Å². The normalized spacial score (nSPS) is 16.5. The van der Waals surface area contributed by atoms with Crippen LogP contribution in [0.15, 0.2) is 42.2 Å². The van der Waals surface area contributed by atoms with Gasteiger partial charge >= 0.3 is 5.97 Å². The van der Waals surface area contributed by atoms with E-state index in [0.29, 0.717) is 23.4 Å². The van der Waals surface area contributed by atoms with Crippen molar-refractivity contribution in [2.45, 2.75) is 77.6 Å². The van der Waals surface area contributed by atoms with Gasteiger partial charge in [-0.3, -0.25) is 4.79 Å². The summed E-state index contributed by atoms with van der Waals surface area (Å²) in [6.07, 6.45) is 21.7. The van der Waals surface area contributed by atoms with Gasteiger partial charge in [0, 0.05) is 17.8 Å². The van der Waals surface area contributed by atoms with E-state index in [-0.39, 0.29) is 11.7 Å². The minimum atomic E-state index is -1.06. The molecule has 0 spiro atoms. The lowest BCUT2D eigenvalue weighted by Crippen LogP contribution is -2.14. The van der Waals surface area contributed by atoms with Crippen LogP contribution in [0.25, 0.3) is 5.52 Å². The molecule has 2 aromatic heterocycles. The molecule has 0 saturated heterocycles. The van der Waals surface area contributed by atoms with Crippen molar-refractivity contribution >= 4 is 17.3 Å². The summed E-state index contributed by atoms with van der Waals surface area (Å²) in [6, 6.07) is 0. The summed E-state index contributed by atoms with van der Waals surface area (Å²) in [5.41, 5.74) is 5.51. The van der Waals surface area contributed by atoms with E-state index in [2.05, 4.69) is 47.9 Å². The van der Waals surface area contributed by atoms with Crippen molar-refractivity contribution in [3.63, 3.8) is 0 Å². The number of ether oxygens (including phenoxy) is 1. The number of aryl methyl sites for hydroxylation is 1. The highest BCUT2D eigenvalue weighted by Gasteiger charge is 2.27. The van der Waals surface area contributed by atoms with Crippen LogP contribution < -0.4 is 4.74 Å². The molecular weight excluding hydrogens is 428 g/mol. The summed E-state index contributed by atoms with van der Waals surface area (Å²) in [7, 11) is 0. The van der Waals surface area contributed by atoms with E-state index in [9.17, 15) is 14.7 Å². The third kappa shape index (κ3) is 5.16. The summed E-state index contributed by atoms with van der Waals surface area (Å²) >= 11 is 0. The molecule has 2 aliphatic rings. The third-order valence-corrected chi connectivity index (χ3v) is 6.90. The highest BCUT2D eigenvalue weighted by atomic mass is 16.5. The highest BCUT2D eigenvalue weighted by Crippen LogP contribution is 2.37. The number of allylic oxidation sites excluding steroid dienone is 6. The number of rotatable bonds is 9. The summed E-state index contributed by atoms with van der Waals surface area (Å²) in [4.78, 5) is 28.9. The molecule has 0 bridgehead atoms. The van der Waals surface area contributed by atoms with Crippen LogP contribution in [0, 0.1) is 0 Å². The number of fused-ring (bicyclic) bond motifs is 1. The van der Waals surface area contributed by atoms with Crippen LogP contribution in [-0.2, 0) is 17.6 Å². The number of hydrogen-bond acceptors (Lipinski definition) is 4. The second-order valence-electron chi connectivity index (χ2n) is 9.22. The fraction of sp³-hybridized carbons (Fsp3) is 0.464. The van der Waals surface area contributed by atoms with Crippen LogP contribution in [-0.4, -0.2) is 32.9 Å². The summed E-state index contributed by atoms with van der Waals surface area (Å²) in [5, 5.41) is 9.26. The smallest absolute Gasteiger partial charge is 0.341 e. The first-order valence-corrected chi connectivity index (χ1v) is 12.4. The number of Topliss-reactive ketones (excluding diaryl/α,β-unsaturated/α-hetero) is 1. The van der Waals surface area contributed by atoms with Gasteiger partial charge in [0.2, 0.25) is 5.88 Å². The third-order valence-electron chi connectivity index (χ3n) is 6.90. The van der Waals surface area contributed by atoms with Gasteiger partial charge in [0.05, 0.1) is 11.3 Å². The van der Waals surface area contributed by atoms with Crippen LogP contribution in [0.2, 0.25) is 0 Å². The number of hydrogen-bond donors (Lipinski definition) is 1. The van der Waals surface area contributed by atoms with Crippen molar-refractivity contribution in [3.05, 3.63) is 64.7 Å². The van der Waals surface area contributed by atoms with Gasteiger partial charge in [0.1, 0.15) is 5.52 Å². The zero-order chi connectivity index (χ0) is 24.1. The molecule has 6 heteroatoms. The Balaban J connectivity index is 1.85. The predicted octanol–water partition coefficient (Wildman–Crippen LogP) is 5.99. The fourth-order valence-corrected chi connectivity index (χ4v) is 5.30. The SMILES string of the molecule is CCc1c(C(C)=O)c2c(OCC(=O)O)nc(C3CCCCC3)cn2c1CCC1=CCC=CC=C1. The second kappa shape index (κ2) is 10.9.